The van der Waals surface area contributed by atoms with E-state index in [0.717, 1.165) is 61.6 Å². The summed E-state index contributed by atoms with van der Waals surface area (Å²) >= 11 is 0. The Bertz CT molecular complexity index is 968. The molecule has 33 heavy (non-hydrogen) atoms. The van der Waals surface area contributed by atoms with Gasteiger partial charge in [-0.3, -0.25) is 4.79 Å². The molecule has 0 spiro atoms. The van der Waals surface area contributed by atoms with Crippen LogP contribution in [0.15, 0.2) is 30.6 Å². The molecule has 0 radical (unpaired) electrons. The number of halogens is 1. The Kier molecular flexibility index (Phi) is 6.61. The molecular weight excluding hydrogens is 417 g/mol. The highest BCUT2D eigenvalue weighted by Gasteiger charge is 2.43. The van der Waals surface area contributed by atoms with Crippen molar-refractivity contribution in [2.45, 2.75) is 58.3 Å². The lowest BCUT2D eigenvalue weighted by Crippen LogP contribution is -2.35. The van der Waals surface area contributed by atoms with Crippen LogP contribution in [0.2, 0.25) is 0 Å². The van der Waals surface area contributed by atoms with Crippen molar-refractivity contribution in [1.29, 1.82) is 0 Å². The summed E-state index contributed by atoms with van der Waals surface area (Å²) in [5, 5.41) is 0. The second-order valence-corrected chi connectivity index (χ2v) is 10.3. The van der Waals surface area contributed by atoms with Crippen molar-refractivity contribution in [1.82, 2.24) is 9.97 Å². The zero-order valence-electron chi connectivity index (χ0n) is 19.5. The molecule has 2 heterocycles. The van der Waals surface area contributed by atoms with Gasteiger partial charge in [-0.1, -0.05) is 6.07 Å². The third kappa shape index (κ3) is 5.90. The maximum Gasteiger partial charge on any atom is 0.225 e. The van der Waals surface area contributed by atoms with E-state index in [9.17, 15) is 9.18 Å². The Balaban J connectivity index is 1.01. The number of aryl methyl sites for hydroxylation is 1. The van der Waals surface area contributed by atoms with E-state index in [-0.39, 0.29) is 18.0 Å². The molecular formula is C27H34FN3O2. The van der Waals surface area contributed by atoms with Gasteiger partial charge >= 0.3 is 0 Å². The van der Waals surface area contributed by atoms with Crippen molar-refractivity contribution in [2.75, 3.05) is 24.6 Å². The van der Waals surface area contributed by atoms with E-state index in [0.29, 0.717) is 30.3 Å². The number of hydrogen-bond donors (Lipinski definition) is 0. The molecule has 1 aromatic carbocycles. The molecule has 5 rings (SSSR count). The lowest BCUT2D eigenvalue weighted by atomic mass is 9.90. The Morgan fingerprint density at radius 3 is 2.61 bits per heavy atom. The third-order valence-corrected chi connectivity index (χ3v) is 7.56. The number of hydrogen-bond acceptors (Lipinski definition) is 5. The number of Topliss-reactive ketones (excluding diaryl/α,β-unsaturated/α-hetero) is 1. The van der Waals surface area contributed by atoms with Crippen molar-refractivity contribution < 1.29 is 13.9 Å². The zero-order valence-corrected chi connectivity index (χ0v) is 19.5. The molecule has 1 aliphatic heterocycles. The molecule has 2 atom stereocenters. The van der Waals surface area contributed by atoms with Crippen LogP contribution in [0.25, 0.3) is 0 Å². The molecule has 1 saturated heterocycles. The number of ether oxygens (including phenoxy) is 1. The molecule has 5 nitrogen and oxygen atoms in total. The summed E-state index contributed by atoms with van der Waals surface area (Å²) in [5.74, 6) is 4.07. The number of carbonyl (C=O) groups excluding carboxylic acids is 1. The van der Waals surface area contributed by atoms with Crippen LogP contribution in [0.1, 0.15) is 56.1 Å². The summed E-state index contributed by atoms with van der Waals surface area (Å²) in [4.78, 5) is 23.2. The minimum Gasteiger partial charge on any atom is -0.493 e. The molecule has 176 valence electrons. The maximum atomic E-state index is 14.4. The van der Waals surface area contributed by atoms with Gasteiger partial charge in [-0.25, -0.2) is 14.4 Å². The fourth-order valence-corrected chi connectivity index (χ4v) is 5.27. The Labute approximate surface area is 195 Å². The van der Waals surface area contributed by atoms with Gasteiger partial charge in [0.05, 0.1) is 6.61 Å². The van der Waals surface area contributed by atoms with E-state index >= 15 is 0 Å². The first-order chi connectivity index (χ1) is 16.0. The molecule has 0 N–H and O–H groups in total. The number of rotatable bonds is 10. The van der Waals surface area contributed by atoms with Crippen molar-refractivity contribution in [2.24, 2.45) is 23.7 Å². The monoisotopic (exact) mass is 451 g/mol. The van der Waals surface area contributed by atoms with E-state index in [1.165, 1.54) is 25.3 Å². The second-order valence-electron chi connectivity index (χ2n) is 10.3. The predicted molar refractivity (Wildman–Crippen MR) is 126 cm³/mol. The normalized spacial score (nSPS) is 22.9. The van der Waals surface area contributed by atoms with Gasteiger partial charge in [-0.15, -0.1) is 0 Å². The van der Waals surface area contributed by atoms with Gasteiger partial charge in [-0.05, 0) is 86.3 Å². The number of piperidine rings is 1. The first-order valence-electron chi connectivity index (χ1n) is 12.5. The van der Waals surface area contributed by atoms with Gasteiger partial charge in [-0.2, -0.15) is 0 Å². The van der Waals surface area contributed by atoms with Crippen molar-refractivity contribution in [3.05, 3.63) is 47.5 Å². The van der Waals surface area contributed by atoms with Crippen LogP contribution >= 0.6 is 0 Å². The van der Waals surface area contributed by atoms with E-state index in [1.807, 2.05) is 19.3 Å². The summed E-state index contributed by atoms with van der Waals surface area (Å²) in [7, 11) is 0. The van der Waals surface area contributed by atoms with Crippen LogP contribution in [0.3, 0.4) is 0 Å². The predicted octanol–water partition coefficient (Wildman–Crippen LogP) is 5.16. The van der Waals surface area contributed by atoms with E-state index < -0.39 is 0 Å². The van der Waals surface area contributed by atoms with Crippen LogP contribution in [0.4, 0.5) is 10.3 Å². The number of aromatic nitrogens is 2. The maximum absolute atomic E-state index is 14.4. The molecule has 6 heteroatoms. The van der Waals surface area contributed by atoms with E-state index in [1.54, 1.807) is 12.1 Å². The highest BCUT2D eigenvalue weighted by Crippen LogP contribution is 2.49. The van der Waals surface area contributed by atoms with Gasteiger partial charge in [0.25, 0.3) is 0 Å². The first-order valence-corrected chi connectivity index (χ1v) is 12.5. The first kappa shape index (κ1) is 22.3. The fraction of sp³-hybridized carbons (Fsp3) is 0.593. The number of carbonyl (C=O) groups is 1. The summed E-state index contributed by atoms with van der Waals surface area (Å²) in [6.07, 6.45) is 11.6. The molecule has 0 bridgehead atoms. The molecule has 2 aromatic rings. The number of benzene rings is 1. The molecule has 3 fully saturated rings. The van der Waals surface area contributed by atoms with Crippen LogP contribution in [-0.4, -0.2) is 35.4 Å². The second kappa shape index (κ2) is 9.78. The van der Waals surface area contributed by atoms with Crippen molar-refractivity contribution in [3.63, 3.8) is 0 Å². The largest absolute Gasteiger partial charge is 0.493 e. The van der Waals surface area contributed by atoms with Gasteiger partial charge < -0.3 is 9.64 Å². The molecule has 0 amide bonds. The van der Waals surface area contributed by atoms with Crippen molar-refractivity contribution in [3.8, 4) is 5.75 Å². The molecule has 1 aromatic heterocycles. The van der Waals surface area contributed by atoms with Crippen LogP contribution in [-0.2, 0) is 11.2 Å². The number of ketones is 1. The summed E-state index contributed by atoms with van der Waals surface area (Å²) in [5.41, 5.74) is 1.58. The average Bonchev–Trinajstić information content (AvgIpc) is 3.74. The van der Waals surface area contributed by atoms with E-state index in [4.69, 9.17) is 4.74 Å². The quantitative estimate of drug-likeness (QED) is 0.500. The molecule has 3 aliphatic rings. The minimum atomic E-state index is -0.328. The van der Waals surface area contributed by atoms with Gasteiger partial charge in [0.15, 0.2) is 0 Å². The zero-order chi connectivity index (χ0) is 22.8. The minimum absolute atomic E-state index is 0.141. The van der Waals surface area contributed by atoms with Crippen LogP contribution in [0, 0.1) is 36.4 Å². The summed E-state index contributed by atoms with van der Waals surface area (Å²) in [6, 6.07) is 4.95. The Morgan fingerprint density at radius 2 is 1.91 bits per heavy atom. The van der Waals surface area contributed by atoms with Gasteiger partial charge in [0, 0.05) is 44.4 Å². The molecule has 2 saturated carbocycles. The lowest BCUT2D eigenvalue weighted by Gasteiger charge is -2.32. The highest BCUT2D eigenvalue weighted by molar-refractivity contribution is 5.81. The van der Waals surface area contributed by atoms with Crippen LogP contribution < -0.4 is 9.64 Å². The van der Waals surface area contributed by atoms with E-state index in [2.05, 4.69) is 14.9 Å². The smallest absolute Gasteiger partial charge is 0.225 e. The van der Waals surface area contributed by atoms with Crippen LogP contribution in [0.5, 0.6) is 5.75 Å². The van der Waals surface area contributed by atoms with Gasteiger partial charge in [0.1, 0.15) is 17.3 Å². The highest BCUT2D eigenvalue weighted by atomic mass is 19.1. The summed E-state index contributed by atoms with van der Waals surface area (Å²) in [6.45, 7) is 4.69. The molecule has 0 unspecified atom stereocenters. The van der Waals surface area contributed by atoms with Gasteiger partial charge in [0.2, 0.25) is 5.95 Å². The van der Waals surface area contributed by atoms with Crippen molar-refractivity contribution >= 4 is 11.7 Å². The topological polar surface area (TPSA) is 55.3 Å². The number of anilines is 1. The summed E-state index contributed by atoms with van der Waals surface area (Å²) < 4.78 is 20.2. The average molecular weight is 452 g/mol. The number of nitrogens with zero attached hydrogens (tertiary/aromatic N) is 3. The SMILES string of the molecule is Cc1cnc(N2CCC([C@H]3C[C@H]3CCOc3ccc(CC(=O)CC4CC4)c(F)c3)CC2)nc1. The standard InChI is InChI=1S/C27H34FN3O2/c1-18-16-29-27(30-17-18)31-9-6-20(7-10-31)25-14-21(25)8-11-33-24-5-4-22(26(28)15-24)13-23(32)12-19-2-3-19/h4-5,15-17,19-21,25H,2-3,6-14H2,1H3/t21-,25-/m1/s1. The Hall–Kier alpha value is -2.50. The Morgan fingerprint density at radius 1 is 1.15 bits per heavy atom. The lowest BCUT2D eigenvalue weighted by molar-refractivity contribution is -0.118. The fourth-order valence-electron chi connectivity index (χ4n) is 5.27. The third-order valence-electron chi connectivity index (χ3n) is 7.56. The molecule has 2 aliphatic carbocycles.